The summed E-state index contributed by atoms with van der Waals surface area (Å²) < 4.78 is 3.46. The van der Waals surface area contributed by atoms with Gasteiger partial charge in [-0.25, -0.2) is 14.2 Å². The van der Waals surface area contributed by atoms with Crippen molar-refractivity contribution in [1.82, 2.24) is 39.4 Å². The van der Waals surface area contributed by atoms with Crippen molar-refractivity contribution in [3.63, 3.8) is 0 Å². The molecule has 0 N–H and O–H groups in total. The minimum atomic E-state index is -0.0532. The van der Waals surface area contributed by atoms with Gasteiger partial charge in [0.1, 0.15) is 5.56 Å². The fraction of sp³-hybridized carbons (Fsp3) is 0.438. The highest BCUT2D eigenvalue weighted by atomic mass is 16.2. The molecule has 9 nitrogen and oxygen atoms in total. The Morgan fingerprint density at radius 2 is 2.12 bits per heavy atom. The van der Waals surface area contributed by atoms with E-state index in [-0.39, 0.29) is 18.0 Å². The fourth-order valence-electron chi connectivity index (χ4n) is 3.38. The van der Waals surface area contributed by atoms with E-state index in [4.69, 9.17) is 0 Å². The van der Waals surface area contributed by atoms with Crippen LogP contribution in [0.5, 0.6) is 0 Å². The maximum Gasteiger partial charge on any atom is 0.259 e. The average molecular weight is 340 g/mol. The van der Waals surface area contributed by atoms with Crippen molar-refractivity contribution >= 4 is 11.6 Å². The van der Waals surface area contributed by atoms with E-state index < -0.39 is 0 Å². The first-order valence-corrected chi connectivity index (χ1v) is 8.17. The lowest BCUT2D eigenvalue weighted by Gasteiger charge is -2.24. The smallest absolute Gasteiger partial charge is 0.259 e. The third kappa shape index (κ3) is 2.66. The Morgan fingerprint density at radius 3 is 2.84 bits per heavy atom. The van der Waals surface area contributed by atoms with Crippen molar-refractivity contribution in [3.05, 3.63) is 42.1 Å². The Morgan fingerprint density at radius 1 is 1.28 bits per heavy atom. The molecule has 0 bridgehead atoms. The molecule has 1 fully saturated rings. The maximum atomic E-state index is 13.1. The Labute approximate surface area is 144 Å². The minimum absolute atomic E-state index is 0.0532. The molecule has 2 atom stereocenters. The average Bonchev–Trinajstić information content (AvgIpc) is 3.32. The molecule has 0 spiro atoms. The van der Waals surface area contributed by atoms with Gasteiger partial charge in [0.2, 0.25) is 0 Å². The predicted octanol–water partition coefficient (Wildman–Crippen LogP) is 0.257. The summed E-state index contributed by atoms with van der Waals surface area (Å²) in [4.78, 5) is 21.5. The van der Waals surface area contributed by atoms with Crippen LogP contribution in [0.1, 0.15) is 22.1 Å². The van der Waals surface area contributed by atoms with E-state index in [1.807, 2.05) is 49.1 Å². The molecule has 1 amide bonds. The molecule has 0 unspecified atom stereocenters. The van der Waals surface area contributed by atoms with Crippen LogP contribution in [-0.4, -0.2) is 78.5 Å². The van der Waals surface area contributed by atoms with Gasteiger partial charge in [0, 0.05) is 31.2 Å². The normalized spacial score (nSPS) is 20.7. The molecule has 25 heavy (non-hydrogen) atoms. The highest BCUT2D eigenvalue weighted by Crippen LogP contribution is 2.26. The van der Waals surface area contributed by atoms with Crippen molar-refractivity contribution in [2.75, 3.05) is 27.2 Å². The van der Waals surface area contributed by atoms with Gasteiger partial charge in [0.05, 0.1) is 24.5 Å². The number of hydrogen-bond donors (Lipinski definition) is 0. The fourth-order valence-corrected chi connectivity index (χ4v) is 3.38. The van der Waals surface area contributed by atoms with Gasteiger partial charge in [-0.2, -0.15) is 5.10 Å². The Balaban J connectivity index is 1.65. The van der Waals surface area contributed by atoms with Crippen LogP contribution in [0.2, 0.25) is 0 Å². The van der Waals surface area contributed by atoms with Crippen LogP contribution in [0.15, 0.2) is 30.9 Å². The SMILES string of the molecule is Cc1ccn2ncc(C(=O)N3C[C@@H](N(C)C)[C@@H](n4ccnn4)C3)c2n1. The molecule has 0 aromatic carbocycles. The first-order chi connectivity index (χ1) is 12.0. The van der Waals surface area contributed by atoms with Gasteiger partial charge < -0.3 is 9.80 Å². The largest absolute Gasteiger partial charge is 0.335 e. The molecule has 0 aliphatic carbocycles. The van der Waals surface area contributed by atoms with Crippen molar-refractivity contribution in [2.24, 2.45) is 0 Å². The van der Waals surface area contributed by atoms with Gasteiger partial charge in [-0.15, -0.1) is 5.10 Å². The molecule has 4 heterocycles. The van der Waals surface area contributed by atoms with E-state index >= 15 is 0 Å². The maximum absolute atomic E-state index is 13.1. The number of hydrogen-bond acceptors (Lipinski definition) is 6. The zero-order valence-electron chi connectivity index (χ0n) is 14.4. The van der Waals surface area contributed by atoms with Crippen LogP contribution in [0.4, 0.5) is 0 Å². The van der Waals surface area contributed by atoms with Gasteiger partial charge in [0.25, 0.3) is 5.91 Å². The molecular weight excluding hydrogens is 320 g/mol. The summed E-state index contributed by atoms with van der Waals surface area (Å²) in [5, 5.41) is 12.3. The summed E-state index contributed by atoms with van der Waals surface area (Å²) in [5.41, 5.74) is 1.98. The molecule has 9 heteroatoms. The second kappa shape index (κ2) is 5.92. The molecule has 1 aliphatic rings. The summed E-state index contributed by atoms with van der Waals surface area (Å²) in [6.45, 7) is 3.10. The van der Waals surface area contributed by atoms with Crippen LogP contribution < -0.4 is 0 Å². The van der Waals surface area contributed by atoms with Crippen LogP contribution in [0, 0.1) is 6.92 Å². The Hall–Kier alpha value is -2.81. The zero-order valence-corrected chi connectivity index (χ0v) is 14.4. The lowest BCUT2D eigenvalue weighted by atomic mass is 10.1. The van der Waals surface area contributed by atoms with Gasteiger partial charge in [-0.05, 0) is 27.1 Å². The Bertz CT molecular complexity index is 900. The first-order valence-electron chi connectivity index (χ1n) is 8.17. The van der Waals surface area contributed by atoms with E-state index in [1.54, 1.807) is 16.9 Å². The van der Waals surface area contributed by atoms with E-state index in [2.05, 4.69) is 25.3 Å². The molecule has 130 valence electrons. The van der Waals surface area contributed by atoms with Crippen molar-refractivity contribution in [3.8, 4) is 0 Å². The number of aryl methyl sites for hydroxylation is 1. The quantitative estimate of drug-likeness (QED) is 0.680. The van der Waals surface area contributed by atoms with Crippen molar-refractivity contribution in [1.29, 1.82) is 0 Å². The van der Waals surface area contributed by atoms with Crippen molar-refractivity contribution in [2.45, 2.75) is 19.0 Å². The lowest BCUT2D eigenvalue weighted by molar-refractivity contribution is 0.0782. The van der Waals surface area contributed by atoms with Gasteiger partial charge in [0.15, 0.2) is 5.65 Å². The number of carbonyl (C=O) groups is 1. The summed E-state index contributed by atoms with van der Waals surface area (Å²) in [6.07, 6.45) is 6.92. The van der Waals surface area contributed by atoms with Crippen LogP contribution in [-0.2, 0) is 0 Å². The van der Waals surface area contributed by atoms with Gasteiger partial charge >= 0.3 is 0 Å². The van der Waals surface area contributed by atoms with E-state index in [9.17, 15) is 4.79 Å². The number of likely N-dealkylation sites (tertiary alicyclic amines) is 1. The molecule has 3 aromatic rings. The number of likely N-dealkylation sites (N-methyl/N-ethyl adjacent to an activating group) is 1. The second-order valence-electron chi connectivity index (χ2n) is 6.59. The highest BCUT2D eigenvalue weighted by Gasteiger charge is 2.39. The topological polar surface area (TPSA) is 84.5 Å². The monoisotopic (exact) mass is 340 g/mol. The molecular formula is C16H20N8O. The summed E-state index contributed by atoms with van der Waals surface area (Å²) in [5.74, 6) is -0.0532. The molecule has 4 rings (SSSR count). The third-order valence-electron chi connectivity index (χ3n) is 4.73. The highest BCUT2D eigenvalue weighted by molar-refractivity contribution is 5.99. The number of amides is 1. The van der Waals surface area contributed by atoms with E-state index in [0.717, 1.165) is 5.69 Å². The van der Waals surface area contributed by atoms with Gasteiger partial charge in [-0.1, -0.05) is 5.21 Å². The second-order valence-corrected chi connectivity index (χ2v) is 6.59. The standard InChI is InChI=1S/C16H20N8O/c1-11-4-6-24-15(19-11)12(8-18-24)16(25)22-9-13(21(2)3)14(10-22)23-7-5-17-20-23/h4-8,13-14H,9-10H2,1-3H3/t13-,14+/m1/s1. The Kier molecular flexibility index (Phi) is 3.72. The zero-order chi connectivity index (χ0) is 17.6. The number of fused-ring (bicyclic) bond motifs is 1. The molecule has 1 aliphatic heterocycles. The summed E-state index contributed by atoms with van der Waals surface area (Å²) >= 11 is 0. The summed E-state index contributed by atoms with van der Waals surface area (Å²) in [6, 6.07) is 2.10. The summed E-state index contributed by atoms with van der Waals surface area (Å²) in [7, 11) is 4.03. The number of nitrogens with zero attached hydrogens (tertiary/aromatic N) is 8. The van der Waals surface area contributed by atoms with Gasteiger partial charge in [-0.3, -0.25) is 4.79 Å². The molecule has 3 aromatic heterocycles. The molecule has 0 saturated carbocycles. The number of aromatic nitrogens is 6. The lowest BCUT2D eigenvalue weighted by Crippen LogP contribution is -2.37. The van der Waals surface area contributed by atoms with E-state index in [1.165, 1.54) is 0 Å². The molecule has 0 radical (unpaired) electrons. The number of carbonyl (C=O) groups excluding carboxylic acids is 1. The first kappa shape index (κ1) is 15.7. The predicted molar refractivity (Wildman–Crippen MR) is 90.2 cm³/mol. The minimum Gasteiger partial charge on any atom is -0.335 e. The molecule has 1 saturated heterocycles. The van der Waals surface area contributed by atoms with E-state index in [0.29, 0.717) is 24.3 Å². The van der Waals surface area contributed by atoms with Crippen LogP contribution in [0.3, 0.4) is 0 Å². The third-order valence-corrected chi connectivity index (χ3v) is 4.73. The van der Waals surface area contributed by atoms with Crippen molar-refractivity contribution < 1.29 is 4.79 Å². The van der Waals surface area contributed by atoms with Crippen LogP contribution >= 0.6 is 0 Å². The number of rotatable bonds is 3. The van der Waals surface area contributed by atoms with Crippen LogP contribution in [0.25, 0.3) is 5.65 Å².